The molecule has 0 fully saturated rings. The van der Waals surface area contributed by atoms with E-state index in [2.05, 4.69) is 0 Å². The topological polar surface area (TPSA) is 32.3 Å². The molecule has 0 spiro atoms. The molecule has 2 N–H and O–H groups in total. The summed E-state index contributed by atoms with van der Waals surface area (Å²) < 4.78 is 37.4. The normalized spacial score (nSPS) is 16.1. The number of benzene rings is 1. The van der Waals surface area contributed by atoms with Crippen LogP contribution in [0, 0.1) is 0 Å². The molecular formula is C10H12F3NO. The maximum absolute atomic E-state index is 12.5. The highest BCUT2D eigenvalue weighted by molar-refractivity contribution is 5.17. The Bertz CT molecular complexity index is 312. The average Bonchev–Trinajstić information content (AvgIpc) is 2.17. The van der Waals surface area contributed by atoms with Gasteiger partial charge in [-0.3, -0.25) is 5.32 Å². The zero-order chi connectivity index (χ0) is 11.5. The maximum atomic E-state index is 12.5. The highest BCUT2D eigenvalue weighted by Crippen LogP contribution is 2.30. The lowest BCUT2D eigenvalue weighted by Gasteiger charge is -2.29. The van der Waals surface area contributed by atoms with Crippen molar-refractivity contribution in [2.75, 3.05) is 7.05 Å². The van der Waals surface area contributed by atoms with Crippen LogP contribution in [-0.4, -0.2) is 24.1 Å². The minimum Gasteiger partial charge on any atom is -0.368 e. The summed E-state index contributed by atoms with van der Waals surface area (Å²) in [6, 6.07) is 8.03. The quantitative estimate of drug-likeness (QED) is 0.758. The van der Waals surface area contributed by atoms with Gasteiger partial charge < -0.3 is 5.11 Å². The summed E-state index contributed by atoms with van der Waals surface area (Å²) in [6.45, 7) is 0. The minimum absolute atomic E-state index is 0.423. The van der Waals surface area contributed by atoms with E-state index in [0.29, 0.717) is 5.56 Å². The van der Waals surface area contributed by atoms with Gasteiger partial charge in [-0.05, 0) is 12.6 Å². The summed E-state index contributed by atoms with van der Waals surface area (Å²) in [4.78, 5) is 0. The van der Waals surface area contributed by atoms with Gasteiger partial charge in [-0.2, -0.15) is 13.2 Å². The first-order valence-corrected chi connectivity index (χ1v) is 4.41. The molecule has 1 unspecified atom stereocenters. The lowest BCUT2D eigenvalue weighted by Crippen LogP contribution is -2.57. The number of nitrogens with one attached hydrogen (secondary N) is 1. The van der Waals surface area contributed by atoms with E-state index < -0.39 is 18.3 Å². The molecule has 0 aliphatic rings. The fraction of sp³-hybridized carbons (Fsp3) is 0.400. The van der Waals surface area contributed by atoms with E-state index in [9.17, 15) is 18.3 Å². The summed E-state index contributed by atoms with van der Waals surface area (Å²) in [5.41, 5.74) is -2.44. The smallest absolute Gasteiger partial charge is 0.368 e. The van der Waals surface area contributed by atoms with Crippen LogP contribution in [0.2, 0.25) is 0 Å². The first kappa shape index (κ1) is 12.0. The van der Waals surface area contributed by atoms with Gasteiger partial charge in [0.05, 0.1) is 0 Å². The second-order valence-corrected chi connectivity index (χ2v) is 3.27. The van der Waals surface area contributed by atoms with Crippen LogP contribution in [0.5, 0.6) is 0 Å². The van der Waals surface area contributed by atoms with Gasteiger partial charge in [0.2, 0.25) is 5.72 Å². The Labute approximate surface area is 85.7 Å². The zero-order valence-electron chi connectivity index (χ0n) is 8.17. The second kappa shape index (κ2) is 4.20. The van der Waals surface area contributed by atoms with Crippen LogP contribution in [-0.2, 0) is 6.42 Å². The van der Waals surface area contributed by atoms with Crippen LogP contribution in [0.15, 0.2) is 30.3 Å². The van der Waals surface area contributed by atoms with Gasteiger partial charge in [0.15, 0.2) is 0 Å². The Morgan fingerprint density at radius 1 is 1.20 bits per heavy atom. The largest absolute Gasteiger partial charge is 0.431 e. The maximum Gasteiger partial charge on any atom is 0.431 e. The predicted octanol–water partition coefficient (Wildman–Crippen LogP) is 1.70. The fourth-order valence-electron chi connectivity index (χ4n) is 1.22. The van der Waals surface area contributed by atoms with E-state index in [1.54, 1.807) is 18.2 Å². The van der Waals surface area contributed by atoms with Crippen molar-refractivity contribution >= 4 is 0 Å². The number of alkyl halides is 3. The summed E-state index contributed by atoms with van der Waals surface area (Å²) in [5, 5.41) is 11.3. The van der Waals surface area contributed by atoms with E-state index in [1.165, 1.54) is 12.1 Å². The molecule has 1 aromatic rings. The second-order valence-electron chi connectivity index (χ2n) is 3.27. The number of likely N-dealkylation sites (N-methyl/N-ethyl adjacent to an activating group) is 1. The number of aliphatic hydroxyl groups is 1. The first-order chi connectivity index (χ1) is 6.89. The van der Waals surface area contributed by atoms with Crippen molar-refractivity contribution in [2.45, 2.75) is 18.3 Å². The predicted molar refractivity (Wildman–Crippen MR) is 50.2 cm³/mol. The highest BCUT2D eigenvalue weighted by Gasteiger charge is 2.52. The number of rotatable bonds is 3. The molecular weight excluding hydrogens is 207 g/mol. The molecule has 1 atom stereocenters. The van der Waals surface area contributed by atoms with Crippen LogP contribution in [0.25, 0.3) is 0 Å². The molecule has 0 saturated heterocycles. The van der Waals surface area contributed by atoms with E-state index in [4.69, 9.17) is 0 Å². The summed E-state index contributed by atoms with van der Waals surface area (Å²) in [6.07, 6.45) is -5.20. The number of hydrogen-bond donors (Lipinski definition) is 2. The minimum atomic E-state index is -4.70. The molecule has 0 aliphatic carbocycles. The summed E-state index contributed by atoms with van der Waals surface area (Å²) in [5.74, 6) is 0. The van der Waals surface area contributed by atoms with Gasteiger partial charge in [0, 0.05) is 6.42 Å². The van der Waals surface area contributed by atoms with E-state index in [0.717, 1.165) is 7.05 Å². The van der Waals surface area contributed by atoms with Crippen molar-refractivity contribution in [1.29, 1.82) is 0 Å². The molecule has 15 heavy (non-hydrogen) atoms. The third-order valence-electron chi connectivity index (χ3n) is 2.19. The van der Waals surface area contributed by atoms with Crippen molar-refractivity contribution in [3.63, 3.8) is 0 Å². The SMILES string of the molecule is CNC(O)(Cc1ccccc1)C(F)(F)F. The molecule has 0 amide bonds. The van der Waals surface area contributed by atoms with Crippen molar-refractivity contribution < 1.29 is 18.3 Å². The van der Waals surface area contributed by atoms with E-state index in [-0.39, 0.29) is 0 Å². The molecule has 0 radical (unpaired) electrons. The van der Waals surface area contributed by atoms with Crippen LogP contribution in [0.4, 0.5) is 13.2 Å². The molecule has 0 saturated carbocycles. The summed E-state index contributed by atoms with van der Waals surface area (Å²) >= 11 is 0. The van der Waals surface area contributed by atoms with Gasteiger partial charge >= 0.3 is 6.18 Å². The molecule has 84 valence electrons. The van der Waals surface area contributed by atoms with Gasteiger partial charge in [0.1, 0.15) is 0 Å². The molecule has 0 aliphatic heterocycles. The van der Waals surface area contributed by atoms with Crippen LogP contribution >= 0.6 is 0 Å². The lowest BCUT2D eigenvalue weighted by molar-refractivity contribution is -0.270. The van der Waals surface area contributed by atoms with Crippen molar-refractivity contribution in [3.05, 3.63) is 35.9 Å². The molecule has 0 heterocycles. The Kier molecular flexibility index (Phi) is 3.36. The van der Waals surface area contributed by atoms with Crippen molar-refractivity contribution in [2.24, 2.45) is 0 Å². The average molecular weight is 219 g/mol. The van der Waals surface area contributed by atoms with Crippen molar-refractivity contribution in [3.8, 4) is 0 Å². The van der Waals surface area contributed by atoms with Gasteiger partial charge in [-0.15, -0.1) is 0 Å². The molecule has 1 aromatic carbocycles. The zero-order valence-corrected chi connectivity index (χ0v) is 8.17. The fourth-order valence-corrected chi connectivity index (χ4v) is 1.22. The van der Waals surface area contributed by atoms with Crippen LogP contribution in [0.3, 0.4) is 0 Å². The highest BCUT2D eigenvalue weighted by atomic mass is 19.4. The molecule has 5 heteroatoms. The third-order valence-corrected chi connectivity index (χ3v) is 2.19. The molecule has 2 nitrogen and oxygen atoms in total. The van der Waals surface area contributed by atoms with Crippen LogP contribution in [0.1, 0.15) is 5.56 Å². The Balaban J connectivity index is 2.87. The molecule has 1 rings (SSSR count). The van der Waals surface area contributed by atoms with Crippen molar-refractivity contribution in [1.82, 2.24) is 5.32 Å². The first-order valence-electron chi connectivity index (χ1n) is 4.41. The Morgan fingerprint density at radius 2 is 1.73 bits per heavy atom. The number of halogens is 3. The van der Waals surface area contributed by atoms with Gasteiger partial charge in [-0.25, -0.2) is 0 Å². The Morgan fingerprint density at radius 3 is 2.13 bits per heavy atom. The van der Waals surface area contributed by atoms with E-state index in [1.807, 2.05) is 5.32 Å². The van der Waals surface area contributed by atoms with Gasteiger partial charge in [0.25, 0.3) is 0 Å². The van der Waals surface area contributed by atoms with E-state index >= 15 is 0 Å². The van der Waals surface area contributed by atoms with Gasteiger partial charge in [-0.1, -0.05) is 30.3 Å². The lowest BCUT2D eigenvalue weighted by atomic mass is 10.0. The molecule has 0 aromatic heterocycles. The molecule has 0 bridgehead atoms. The standard InChI is InChI=1S/C10H12F3NO/c1-14-9(15,10(11,12)13)7-8-5-3-2-4-6-8/h2-6,14-15H,7H2,1H3. The third kappa shape index (κ3) is 2.70. The monoisotopic (exact) mass is 219 g/mol. The van der Waals surface area contributed by atoms with Crippen LogP contribution < -0.4 is 5.32 Å². The summed E-state index contributed by atoms with van der Waals surface area (Å²) in [7, 11) is 1.08. The Hall–Kier alpha value is -1.07. The number of hydrogen-bond acceptors (Lipinski definition) is 2.